The van der Waals surface area contributed by atoms with Crippen LogP contribution in [0.15, 0.2) is 24.3 Å². The van der Waals surface area contributed by atoms with Crippen LogP contribution in [-0.4, -0.2) is 27.1 Å². The lowest BCUT2D eigenvalue weighted by Gasteiger charge is -2.02. The fourth-order valence-electron chi connectivity index (χ4n) is 0.819. The maximum absolute atomic E-state index is 10.6. The summed E-state index contributed by atoms with van der Waals surface area (Å²) in [5, 5.41) is 4.33. The van der Waals surface area contributed by atoms with Crippen LogP contribution in [0.3, 0.4) is 0 Å². The van der Waals surface area contributed by atoms with Gasteiger partial charge in [0.25, 0.3) is 0 Å². The standard InChI is InChI=1S/C10H12O2.CH5NO2S/c1-8-3-5-10(6-4-8)12-7-9(2)11;1-5(2,3)4/h3-6H,7H2,1-2H3;1H3,(H2,2,3,4). The molecule has 0 spiro atoms. The lowest BCUT2D eigenvalue weighted by molar-refractivity contribution is -0.118. The van der Waals surface area contributed by atoms with Gasteiger partial charge in [-0.25, -0.2) is 13.6 Å². The molecule has 1 rings (SSSR count). The van der Waals surface area contributed by atoms with Gasteiger partial charge in [-0.1, -0.05) is 17.7 Å². The van der Waals surface area contributed by atoms with E-state index < -0.39 is 10.0 Å². The Morgan fingerprint density at radius 3 is 2.06 bits per heavy atom. The molecule has 0 heterocycles. The van der Waals surface area contributed by atoms with Gasteiger partial charge in [0.2, 0.25) is 10.0 Å². The van der Waals surface area contributed by atoms with E-state index in [2.05, 4.69) is 5.14 Å². The zero-order valence-electron chi connectivity index (χ0n) is 10.1. The molecule has 96 valence electrons. The average Bonchev–Trinajstić information content (AvgIpc) is 2.14. The number of benzene rings is 1. The summed E-state index contributed by atoms with van der Waals surface area (Å²) >= 11 is 0. The summed E-state index contributed by atoms with van der Waals surface area (Å²) in [7, 11) is -3.17. The van der Waals surface area contributed by atoms with Crippen molar-refractivity contribution in [3.63, 3.8) is 0 Å². The Balaban J connectivity index is 0.000000437. The van der Waals surface area contributed by atoms with E-state index in [1.54, 1.807) is 0 Å². The van der Waals surface area contributed by atoms with Gasteiger partial charge in [-0.05, 0) is 26.0 Å². The van der Waals surface area contributed by atoms with E-state index in [0.29, 0.717) is 0 Å². The number of sulfonamides is 1. The van der Waals surface area contributed by atoms with Crippen LogP contribution in [-0.2, 0) is 14.8 Å². The van der Waals surface area contributed by atoms with Crippen LogP contribution >= 0.6 is 0 Å². The summed E-state index contributed by atoms with van der Waals surface area (Å²) in [4.78, 5) is 10.6. The van der Waals surface area contributed by atoms with E-state index in [4.69, 9.17) is 4.74 Å². The summed E-state index contributed by atoms with van der Waals surface area (Å²) in [6.07, 6.45) is 0.938. The maximum Gasteiger partial charge on any atom is 0.206 e. The summed E-state index contributed by atoms with van der Waals surface area (Å²) in [6.45, 7) is 3.67. The van der Waals surface area contributed by atoms with E-state index in [-0.39, 0.29) is 12.4 Å². The van der Waals surface area contributed by atoms with Crippen LogP contribution < -0.4 is 9.88 Å². The van der Waals surface area contributed by atoms with E-state index in [9.17, 15) is 13.2 Å². The van der Waals surface area contributed by atoms with Crippen molar-refractivity contribution in [1.29, 1.82) is 0 Å². The number of hydrogen-bond acceptors (Lipinski definition) is 4. The molecule has 0 aliphatic rings. The zero-order chi connectivity index (χ0) is 13.5. The molecule has 0 bridgehead atoms. The first-order chi connectivity index (χ1) is 7.68. The number of hydrogen-bond donors (Lipinski definition) is 1. The third kappa shape index (κ3) is 12.5. The van der Waals surface area contributed by atoms with Crippen LogP contribution in [0.5, 0.6) is 5.75 Å². The Morgan fingerprint density at radius 1 is 1.29 bits per heavy atom. The lowest BCUT2D eigenvalue weighted by atomic mass is 10.2. The summed E-state index contributed by atoms with van der Waals surface area (Å²) in [6, 6.07) is 7.63. The van der Waals surface area contributed by atoms with Crippen molar-refractivity contribution < 1.29 is 17.9 Å². The highest BCUT2D eigenvalue weighted by Crippen LogP contribution is 2.10. The van der Waals surface area contributed by atoms with Crippen LogP contribution in [0, 0.1) is 6.92 Å². The predicted molar refractivity (Wildman–Crippen MR) is 66.4 cm³/mol. The van der Waals surface area contributed by atoms with Crippen molar-refractivity contribution in [2.45, 2.75) is 13.8 Å². The van der Waals surface area contributed by atoms with Gasteiger partial charge in [0.1, 0.15) is 12.4 Å². The molecule has 0 unspecified atom stereocenters. The highest BCUT2D eigenvalue weighted by molar-refractivity contribution is 7.88. The van der Waals surface area contributed by atoms with Gasteiger partial charge < -0.3 is 4.74 Å². The highest BCUT2D eigenvalue weighted by atomic mass is 32.2. The number of ether oxygens (including phenoxy) is 1. The molecule has 1 aromatic rings. The third-order valence-corrected chi connectivity index (χ3v) is 1.46. The van der Waals surface area contributed by atoms with Crippen LogP contribution in [0.1, 0.15) is 12.5 Å². The first-order valence-corrected chi connectivity index (χ1v) is 6.80. The Morgan fingerprint density at radius 2 is 1.71 bits per heavy atom. The molecular weight excluding hydrogens is 242 g/mol. The van der Waals surface area contributed by atoms with Crippen LogP contribution in [0.25, 0.3) is 0 Å². The fraction of sp³-hybridized carbons (Fsp3) is 0.364. The smallest absolute Gasteiger partial charge is 0.206 e. The van der Waals surface area contributed by atoms with Crippen molar-refractivity contribution >= 4 is 15.8 Å². The Labute approximate surface area is 102 Å². The maximum atomic E-state index is 10.6. The number of carbonyl (C=O) groups excluding carboxylic acids is 1. The van der Waals surface area contributed by atoms with E-state index in [1.807, 2.05) is 31.2 Å². The van der Waals surface area contributed by atoms with Gasteiger partial charge >= 0.3 is 0 Å². The first-order valence-electron chi connectivity index (χ1n) is 4.85. The molecule has 0 fully saturated rings. The molecule has 0 aliphatic carbocycles. The largest absolute Gasteiger partial charge is 0.486 e. The van der Waals surface area contributed by atoms with Crippen molar-refractivity contribution in [1.82, 2.24) is 0 Å². The molecule has 5 nitrogen and oxygen atoms in total. The number of carbonyl (C=O) groups is 1. The van der Waals surface area contributed by atoms with Crippen LogP contribution in [0.2, 0.25) is 0 Å². The average molecular weight is 259 g/mol. The second-order valence-electron chi connectivity index (χ2n) is 3.63. The van der Waals surface area contributed by atoms with Crippen molar-refractivity contribution in [3.8, 4) is 5.75 Å². The van der Waals surface area contributed by atoms with Crippen LogP contribution in [0.4, 0.5) is 0 Å². The van der Waals surface area contributed by atoms with Crippen molar-refractivity contribution in [2.24, 2.45) is 5.14 Å². The van der Waals surface area contributed by atoms with E-state index in [1.165, 1.54) is 12.5 Å². The number of aryl methyl sites for hydroxylation is 1. The molecule has 0 aliphatic heterocycles. The number of rotatable bonds is 3. The van der Waals surface area contributed by atoms with Gasteiger partial charge in [0.05, 0.1) is 6.26 Å². The minimum absolute atomic E-state index is 0.0376. The zero-order valence-corrected chi connectivity index (χ0v) is 11.0. The molecule has 2 N–H and O–H groups in total. The highest BCUT2D eigenvalue weighted by Gasteiger charge is 1.94. The van der Waals surface area contributed by atoms with Crippen molar-refractivity contribution in [2.75, 3.05) is 12.9 Å². The van der Waals surface area contributed by atoms with Gasteiger partial charge in [-0.15, -0.1) is 0 Å². The lowest BCUT2D eigenvalue weighted by Crippen LogP contribution is -2.07. The molecule has 6 heteroatoms. The molecule has 0 aromatic heterocycles. The minimum atomic E-state index is -3.17. The molecule has 0 amide bonds. The van der Waals surface area contributed by atoms with Crippen molar-refractivity contribution in [3.05, 3.63) is 29.8 Å². The molecule has 17 heavy (non-hydrogen) atoms. The molecule has 0 saturated carbocycles. The summed E-state index contributed by atoms with van der Waals surface area (Å²) in [5.41, 5.74) is 1.19. The Kier molecular flexibility index (Phi) is 6.45. The first kappa shape index (κ1) is 15.6. The van der Waals surface area contributed by atoms with E-state index >= 15 is 0 Å². The topological polar surface area (TPSA) is 86.5 Å². The van der Waals surface area contributed by atoms with Gasteiger partial charge in [0.15, 0.2) is 5.78 Å². The number of ketones is 1. The molecule has 1 aromatic carbocycles. The number of nitrogens with two attached hydrogens (primary N) is 1. The van der Waals surface area contributed by atoms with Gasteiger partial charge in [-0.3, -0.25) is 4.79 Å². The second kappa shape index (κ2) is 7.03. The van der Waals surface area contributed by atoms with E-state index in [0.717, 1.165) is 12.0 Å². The fourth-order valence-corrected chi connectivity index (χ4v) is 0.819. The van der Waals surface area contributed by atoms with Gasteiger partial charge in [0, 0.05) is 0 Å². The monoisotopic (exact) mass is 259 g/mol. The Hall–Kier alpha value is -1.40. The van der Waals surface area contributed by atoms with Gasteiger partial charge in [-0.2, -0.15) is 0 Å². The number of Topliss-reactive ketones (excluding diaryl/α,β-unsaturated/α-hetero) is 1. The normalized spacial score (nSPS) is 10.1. The molecular formula is C11H17NO4S. The number of primary sulfonamides is 1. The third-order valence-electron chi connectivity index (χ3n) is 1.46. The summed E-state index contributed by atoms with van der Waals surface area (Å²) in [5.74, 6) is 0.784. The molecule has 0 saturated heterocycles. The predicted octanol–water partition coefficient (Wildman–Crippen LogP) is 0.868. The quantitative estimate of drug-likeness (QED) is 0.872. The summed E-state index contributed by atoms with van der Waals surface area (Å²) < 4.78 is 24.0. The molecule has 0 atom stereocenters. The minimum Gasteiger partial charge on any atom is -0.486 e. The SMILES string of the molecule is CC(=O)COc1ccc(C)cc1.CS(N)(=O)=O. The molecule has 0 radical (unpaired) electrons. The Bertz CT molecular complexity index is 443. The second-order valence-corrected chi connectivity index (χ2v) is 5.29.